The fourth-order valence-electron chi connectivity index (χ4n) is 2.70. The van der Waals surface area contributed by atoms with Gasteiger partial charge in [-0.3, -0.25) is 0 Å². The first-order valence-electron chi connectivity index (χ1n) is 7.19. The fraction of sp³-hybridized carbons (Fsp3) is 0.625. The highest BCUT2D eigenvalue weighted by atomic mass is 16.5. The van der Waals surface area contributed by atoms with E-state index in [9.17, 15) is 0 Å². The van der Waals surface area contributed by atoms with Crippen LogP contribution >= 0.6 is 0 Å². The molecule has 0 bridgehead atoms. The summed E-state index contributed by atoms with van der Waals surface area (Å²) in [6.07, 6.45) is 5.01. The number of rotatable bonds is 5. The van der Waals surface area contributed by atoms with Gasteiger partial charge in [0.15, 0.2) is 0 Å². The van der Waals surface area contributed by atoms with E-state index < -0.39 is 0 Å². The van der Waals surface area contributed by atoms with Crippen molar-refractivity contribution in [1.82, 2.24) is 5.32 Å². The maximum atomic E-state index is 5.60. The van der Waals surface area contributed by atoms with Crippen LogP contribution in [-0.4, -0.2) is 24.8 Å². The molecule has 0 amide bonds. The molecule has 2 nitrogen and oxygen atoms in total. The van der Waals surface area contributed by atoms with Crippen LogP contribution in [0.3, 0.4) is 0 Å². The van der Waals surface area contributed by atoms with E-state index in [0.29, 0.717) is 18.2 Å². The Hall–Kier alpha value is -0.860. The number of benzene rings is 1. The molecule has 1 aliphatic rings. The molecule has 0 aliphatic carbocycles. The molecule has 100 valence electrons. The topological polar surface area (TPSA) is 21.3 Å². The molecule has 0 saturated carbocycles. The number of hydrogen-bond acceptors (Lipinski definition) is 2. The van der Waals surface area contributed by atoms with Crippen LogP contribution in [-0.2, 0) is 11.2 Å². The first-order chi connectivity index (χ1) is 8.78. The molecule has 0 spiro atoms. The van der Waals surface area contributed by atoms with Gasteiger partial charge < -0.3 is 10.1 Å². The van der Waals surface area contributed by atoms with Crippen molar-refractivity contribution in [2.24, 2.45) is 0 Å². The number of ether oxygens (including phenoxy) is 1. The van der Waals surface area contributed by atoms with E-state index in [2.05, 4.69) is 49.5 Å². The fourth-order valence-corrected chi connectivity index (χ4v) is 2.70. The summed E-state index contributed by atoms with van der Waals surface area (Å²) in [7, 11) is 0. The van der Waals surface area contributed by atoms with Crippen LogP contribution in [0.1, 0.15) is 38.7 Å². The molecule has 2 heteroatoms. The Morgan fingerprint density at radius 1 is 1.33 bits per heavy atom. The Morgan fingerprint density at radius 2 is 2.11 bits per heavy atom. The molecule has 0 radical (unpaired) electrons. The lowest BCUT2D eigenvalue weighted by Gasteiger charge is -2.31. The van der Waals surface area contributed by atoms with Crippen molar-refractivity contribution in [1.29, 1.82) is 0 Å². The van der Waals surface area contributed by atoms with Crippen molar-refractivity contribution < 1.29 is 4.74 Å². The quantitative estimate of drug-likeness (QED) is 0.863. The van der Waals surface area contributed by atoms with Gasteiger partial charge in [0.1, 0.15) is 0 Å². The molecule has 0 aromatic heterocycles. The third-order valence-electron chi connectivity index (χ3n) is 3.77. The van der Waals surface area contributed by atoms with E-state index in [-0.39, 0.29) is 0 Å². The largest absolute Gasteiger partial charge is 0.378 e. The summed E-state index contributed by atoms with van der Waals surface area (Å²) in [5.74, 6) is 0. The summed E-state index contributed by atoms with van der Waals surface area (Å²) in [6, 6.07) is 12.0. The molecule has 1 aromatic carbocycles. The Bertz CT molecular complexity index is 338. The van der Waals surface area contributed by atoms with E-state index in [1.807, 2.05) is 0 Å². The molecule has 18 heavy (non-hydrogen) atoms. The number of hydrogen-bond donors (Lipinski definition) is 1. The minimum absolute atomic E-state index is 0.408. The lowest BCUT2D eigenvalue weighted by atomic mass is 9.99. The van der Waals surface area contributed by atoms with Gasteiger partial charge in [0.2, 0.25) is 0 Å². The number of nitrogens with one attached hydrogen (secondary N) is 1. The van der Waals surface area contributed by atoms with Crippen molar-refractivity contribution in [3.8, 4) is 0 Å². The molecule has 2 rings (SSSR count). The highest BCUT2D eigenvalue weighted by molar-refractivity contribution is 5.15. The lowest BCUT2D eigenvalue weighted by molar-refractivity contribution is 0.0112. The highest BCUT2D eigenvalue weighted by Gasteiger charge is 2.21. The summed E-state index contributed by atoms with van der Waals surface area (Å²) >= 11 is 0. The zero-order valence-electron chi connectivity index (χ0n) is 11.6. The zero-order chi connectivity index (χ0) is 12.8. The van der Waals surface area contributed by atoms with Crippen molar-refractivity contribution in [3.63, 3.8) is 0 Å². The van der Waals surface area contributed by atoms with E-state index in [1.54, 1.807) is 0 Å². The van der Waals surface area contributed by atoms with Gasteiger partial charge in [-0.15, -0.1) is 0 Å². The van der Waals surface area contributed by atoms with Crippen LogP contribution in [0, 0.1) is 0 Å². The molecule has 1 N–H and O–H groups in total. The van der Waals surface area contributed by atoms with E-state index in [1.165, 1.54) is 12.0 Å². The smallest absolute Gasteiger partial charge is 0.0561 e. The van der Waals surface area contributed by atoms with Gasteiger partial charge in [0.05, 0.1) is 6.10 Å². The standard InChI is InChI=1S/C16H25NO/c1-3-15(12-14-7-5-4-6-8-14)17-16-9-10-18-13(2)11-16/h4-8,13,15-17H,3,9-12H2,1-2H3. The maximum Gasteiger partial charge on any atom is 0.0561 e. The molecule has 3 unspecified atom stereocenters. The van der Waals surface area contributed by atoms with Crippen LogP contribution in [0.5, 0.6) is 0 Å². The second-order valence-corrected chi connectivity index (χ2v) is 5.36. The molecular formula is C16H25NO. The molecule has 1 fully saturated rings. The van der Waals surface area contributed by atoms with Gasteiger partial charge in [-0.1, -0.05) is 37.3 Å². The Morgan fingerprint density at radius 3 is 2.78 bits per heavy atom. The average Bonchev–Trinajstić information content (AvgIpc) is 2.39. The first kappa shape index (κ1) is 13.6. The van der Waals surface area contributed by atoms with Gasteiger partial charge in [-0.05, 0) is 38.2 Å². The Kier molecular flexibility index (Phi) is 5.21. The molecular weight excluding hydrogens is 222 g/mol. The Labute approximate surface area is 111 Å². The van der Waals surface area contributed by atoms with Crippen molar-refractivity contribution in [2.75, 3.05) is 6.61 Å². The van der Waals surface area contributed by atoms with Gasteiger partial charge in [0.25, 0.3) is 0 Å². The summed E-state index contributed by atoms with van der Waals surface area (Å²) in [5, 5.41) is 3.80. The van der Waals surface area contributed by atoms with Crippen LogP contribution in [0.25, 0.3) is 0 Å². The predicted octanol–water partition coefficient (Wildman–Crippen LogP) is 3.16. The third-order valence-corrected chi connectivity index (χ3v) is 3.77. The minimum Gasteiger partial charge on any atom is -0.378 e. The molecule has 3 atom stereocenters. The summed E-state index contributed by atoms with van der Waals surface area (Å²) in [4.78, 5) is 0. The van der Waals surface area contributed by atoms with Gasteiger partial charge >= 0.3 is 0 Å². The van der Waals surface area contributed by atoms with Crippen molar-refractivity contribution >= 4 is 0 Å². The zero-order valence-corrected chi connectivity index (χ0v) is 11.6. The molecule has 1 saturated heterocycles. The van der Waals surface area contributed by atoms with Gasteiger partial charge in [0, 0.05) is 18.7 Å². The van der Waals surface area contributed by atoms with E-state index in [0.717, 1.165) is 25.9 Å². The minimum atomic E-state index is 0.408. The average molecular weight is 247 g/mol. The monoisotopic (exact) mass is 247 g/mol. The van der Waals surface area contributed by atoms with Crippen LogP contribution in [0.2, 0.25) is 0 Å². The van der Waals surface area contributed by atoms with Gasteiger partial charge in [-0.25, -0.2) is 0 Å². The highest BCUT2D eigenvalue weighted by Crippen LogP contribution is 2.15. The van der Waals surface area contributed by atoms with Crippen LogP contribution in [0.15, 0.2) is 30.3 Å². The summed E-state index contributed by atoms with van der Waals surface area (Å²) in [6.45, 7) is 5.34. The molecule has 1 heterocycles. The van der Waals surface area contributed by atoms with Crippen LogP contribution < -0.4 is 5.32 Å². The predicted molar refractivity (Wildman–Crippen MR) is 75.8 cm³/mol. The van der Waals surface area contributed by atoms with Crippen molar-refractivity contribution in [2.45, 2.75) is 57.7 Å². The SMILES string of the molecule is CCC(Cc1ccccc1)NC1CCOC(C)C1. The summed E-state index contributed by atoms with van der Waals surface area (Å²) < 4.78 is 5.60. The maximum absolute atomic E-state index is 5.60. The second kappa shape index (κ2) is 6.91. The molecule has 1 aromatic rings. The molecule has 1 aliphatic heterocycles. The van der Waals surface area contributed by atoms with Crippen molar-refractivity contribution in [3.05, 3.63) is 35.9 Å². The van der Waals surface area contributed by atoms with Gasteiger partial charge in [-0.2, -0.15) is 0 Å². The third kappa shape index (κ3) is 4.11. The lowest BCUT2D eigenvalue weighted by Crippen LogP contribution is -2.44. The Balaban J connectivity index is 1.85. The second-order valence-electron chi connectivity index (χ2n) is 5.36. The van der Waals surface area contributed by atoms with E-state index >= 15 is 0 Å². The normalized spacial score (nSPS) is 25.9. The van der Waals surface area contributed by atoms with E-state index in [4.69, 9.17) is 4.74 Å². The van der Waals surface area contributed by atoms with Crippen LogP contribution in [0.4, 0.5) is 0 Å². The first-order valence-corrected chi connectivity index (χ1v) is 7.19. The summed E-state index contributed by atoms with van der Waals surface area (Å²) in [5.41, 5.74) is 1.43.